The topological polar surface area (TPSA) is 55.8 Å². The summed E-state index contributed by atoms with van der Waals surface area (Å²) in [6, 6.07) is 13.2. The monoisotopic (exact) mass is 353 g/mol. The van der Waals surface area contributed by atoms with Gasteiger partial charge in [0.05, 0.1) is 6.04 Å². The van der Waals surface area contributed by atoms with Gasteiger partial charge in [-0.1, -0.05) is 17.7 Å². The van der Waals surface area contributed by atoms with Gasteiger partial charge < -0.3 is 15.3 Å². The first-order valence-corrected chi connectivity index (χ1v) is 9.10. The van der Waals surface area contributed by atoms with Crippen LogP contribution in [-0.2, 0) is 4.79 Å². The number of carbonyl (C=O) groups is 1. The fourth-order valence-corrected chi connectivity index (χ4v) is 3.39. The highest BCUT2D eigenvalue weighted by molar-refractivity contribution is 5.95. The number of rotatable bonds is 4. The molecule has 2 N–H and O–H groups in total. The van der Waals surface area contributed by atoms with Crippen LogP contribution in [0.2, 0.25) is 0 Å². The van der Waals surface area contributed by atoms with Crippen LogP contribution >= 0.6 is 0 Å². The summed E-state index contributed by atoms with van der Waals surface area (Å²) in [6.45, 7) is 9.44. The minimum atomic E-state index is -0.169. The summed E-state index contributed by atoms with van der Waals surface area (Å²) in [5, 5.41) is 12.5. The van der Waals surface area contributed by atoms with Crippen LogP contribution in [0.5, 0.6) is 5.75 Å². The Labute approximate surface area is 155 Å². The molecule has 0 spiro atoms. The SMILES string of the molecule is Cc1ccc(NC(=O)[C@@H](C)N2CCN(c3ccc(O)cc3)CC2)c(C)c1. The third-order valence-corrected chi connectivity index (χ3v) is 5.10. The quantitative estimate of drug-likeness (QED) is 0.887. The molecular formula is C21H27N3O2. The molecule has 5 heteroatoms. The number of carbonyl (C=O) groups excluding carboxylic acids is 1. The summed E-state index contributed by atoms with van der Waals surface area (Å²) in [4.78, 5) is 17.1. The van der Waals surface area contributed by atoms with Crippen molar-refractivity contribution in [2.45, 2.75) is 26.8 Å². The number of benzene rings is 2. The molecule has 26 heavy (non-hydrogen) atoms. The largest absolute Gasteiger partial charge is 0.508 e. The molecule has 138 valence electrons. The van der Waals surface area contributed by atoms with Gasteiger partial charge >= 0.3 is 0 Å². The van der Waals surface area contributed by atoms with E-state index in [0.717, 1.165) is 43.1 Å². The number of anilines is 2. The number of nitrogens with zero attached hydrogens (tertiary/aromatic N) is 2. The van der Waals surface area contributed by atoms with E-state index in [9.17, 15) is 9.90 Å². The number of phenolic OH excluding ortho intramolecular Hbond substituents is 1. The van der Waals surface area contributed by atoms with E-state index >= 15 is 0 Å². The smallest absolute Gasteiger partial charge is 0.241 e. The summed E-state index contributed by atoms with van der Waals surface area (Å²) in [7, 11) is 0. The highest BCUT2D eigenvalue weighted by atomic mass is 16.3. The van der Waals surface area contributed by atoms with Crippen molar-refractivity contribution in [3.8, 4) is 5.75 Å². The molecule has 0 unspecified atom stereocenters. The summed E-state index contributed by atoms with van der Waals surface area (Å²) < 4.78 is 0. The Morgan fingerprint density at radius 1 is 1.04 bits per heavy atom. The Bertz CT molecular complexity index is 765. The minimum Gasteiger partial charge on any atom is -0.508 e. The molecule has 0 aromatic heterocycles. The second-order valence-corrected chi connectivity index (χ2v) is 7.02. The Hall–Kier alpha value is -2.53. The molecule has 2 aromatic carbocycles. The van der Waals surface area contributed by atoms with Crippen LogP contribution in [0.25, 0.3) is 0 Å². The maximum Gasteiger partial charge on any atom is 0.241 e. The maximum atomic E-state index is 12.6. The molecule has 1 saturated heterocycles. The lowest BCUT2D eigenvalue weighted by Crippen LogP contribution is -2.52. The molecule has 1 aliphatic heterocycles. The number of hydrogen-bond donors (Lipinski definition) is 2. The van der Waals surface area contributed by atoms with Crippen molar-refractivity contribution in [1.29, 1.82) is 0 Å². The standard InChI is InChI=1S/C21H27N3O2/c1-15-4-9-20(16(2)14-15)22-21(26)17(3)23-10-12-24(13-11-23)18-5-7-19(25)8-6-18/h4-9,14,17,25H,10-13H2,1-3H3,(H,22,26)/t17-/m1/s1. The molecule has 1 heterocycles. The summed E-state index contributed by atoms with van der Waals surface area (Å²) >= 11 is 0. The molecular weight excluding hydrogens is 326 g/mol. The van der Waals surface area contributed by atoms with Crippen LogP contribution in [-0.4, -0.2) is 48.1 Å². The van der Waals surface area contributed by atoms with Crippen LogP contribution in [0, 0.1) is 13.8 Å². The highest BCUT2D eigenvalue weighted by Gasteiger charge is 2.26. The van der Waals surface area contributed by atoms with Crippen molar-refractivity contribution in [2.75, 3.05) is 36.4 Å². The Kier molecular flexibility index (Phi) is 5.47. The summed E-state index contributed by atoms with van der Waals surface area (Å²) in [6.07, 6.45) is 0. The lowest BCUT2D eigenvalue weighted by molar-refractivity contribution is -0.120. The van der Waals surface area contributed by atoms with Gasteiger partial charge in [0.15, 0.2) is 0 Å². The van der Waals surface area contributed by atoms with E-state index in [1.165, 1.54) is 5.56 Å². The fraction of sp³-hybridized carbons (Fsp3) is 0.381. The van der Waals surface area contributed by atoms with Gasteiger partial charge in [-0.3, -0.25) is 9.69 Å². The second-order valence-electron chi connectivity index (χ2n) is 7.02. The van der Waals surface area contributed by atoms with E-state index in [2.05, 4.69) is 28.1 Å². The third kappa shape index (κ3) is 4.17. The van der Waals surface area contributed by atoms with Gasteiger partial charge in [-0.2, -0.15) is 0 Å². The molecule has 0 aliphatic carbocycles. The van der Waals surface area contributed by atoms with E-state index in [0.29, 0.717) is 0 Å². The van der Waals surface area contributed by atoms with Gasteiger partial charge in [0.2, 0.25) is 5.91 Å². The first-order valence-electron chi connectivity index (χ1n) is 9.10. The zero-order valence-corrected chi connectivity index (χ0v) is 15.7. The van der Waals surface area contributed by atoms with Crippen molar-refractivity contribution in [3.63, 3.8) is 0 Å². The van der Waals surface area contributed by atoms with Gasteiger partial charge in [0.1, 0.15) is 5.75 Å². The van der Waals surface area contributed by atoms with Crippen molar-refractivity contribution in [3.05, 3.63) is 53.6 Å². The predicted molar refractivity (Wildman–Crippen MR) is 106 cm³/mol. The van der Waals surface area contributed by atoms with Gasteiger partial charge in [-0.25, -0.2) is 0 Å². The van der Waals surface area contributed by atoms with E-state index in [1.807, 2.05) is 38.1 Å². The zero-order chi connectivity index (χ0) is 18.7. The number of phenols is 1. The Morgan fingerprint density at radius 2 is 1.69 bits per heavy atom. The van der Waals surface area contributed by atoms with Gasteiger partial charge in [-0.05, 0) is 56.7 Å². The van der Waals surface area contributed by atoms with Crippen LogP contribution < -0.4 is 10.2 Å². The fourth-order valence-electron chi connectivity index (χ4n) is 3.39. The molecule has 1 fully saturated rings. The zero-order valence-electron chi connectivity index (χ0n) is 15.7. The molecule has 0 saturated carbocycles. The van der Waals surface area contributed by atoms with Gasteiger partial charge in [-0.15, -0.1) is 0 Å². The summed E-state index contributed by atoms with van der Waals surface area (Å²) in [5.41, 5.74) is 4.27. The third-order valence-electron chi connectivity index (χ3n) is 5.10. The van der Waals surface area contributed by atoms with Crippen LogP contribution in [0.4, 0.5) is 11.4 Å². The van der Waals surface area contributed by atoms with Crippen LogP contribution in [0.3, 0.4) is 0 Å². The first-order chi connectivity index (χ1) is 12.4. The number of hydrogen-bond acceptors (Lipinski definition) is 4. The molecule has 1 atom stereocenters. The van der Waals surface area contributed by atoms with Gasteiger partial charge in [0.25, 0.3) is 0 Å². The van der Waals surface area contributed by atoms with Crippen molar-refractivity contribution < 1.29 is 9.90 Å². The molecule has 2 aromatic rings. The summed E-state index contributed by atoms with van der Waals surface area (Å²) in [5.74, 6) is 0.319. The van der Waals surface area contributed by atoms with Crippen LogP contribution in [0.1, 0.15) is 18.1 Å². The molecule has 5 nitrogen and oxygen atoms in total. The van der Waals surface area contributed by atoms with E-state index in [4.69, 9.17) is 0 Å². The Balaban J connectivity index is 1.56. The number of amides is 1. The predicted octanol–water partition coefficient (Wildman–Crippen LogP) is 3.16. The minimum absolute atomic E-state index is 0.0371. The van der Waals surface area contributed by atoms with Crippen molar-refractivity contribution in [1.82, 2.24) is 4.90 Å². The van der Waals surface area contributed by atoms with Crippen LogP contribution in [0.15, 0.2) is 42.5 Å². The average Bonchev–Trinajstić information content (AvgIpc) is 2.64. The van der Waals surface area contributed by atoms with E-state index in [-0.39, 0.29) is 17.7 Å². The Morgan fingerprint density at radius 3 is 2.31 bits per heavy atom. The normalized spacial score (nSPS) is 16.3. The number of aryl methyl sites for hydroxylation is 2. The molecule has 1 amide bonds. The second kappa shape index (κ2) is 7.79. The molecule has 1 aliphatic rings. The lowest BCUT2D eigenvalue weighted by atomic mass is 10.1. The van der Waals surface area contributed by atoms with Crippen molar-refractivity contribution in [2.24, 2.45) is 0 Å². The van der Waals surface area contributed by atoms with Gasteiger partial charge in [0, 0.05) is 37.6 Å². The molecule has 0 bridgehead atoms. The number of nitrogens with one attached hydrogen (secondary N) is 1. The lowest BCUT2D eigenvalue weighted by Gasteiger charge is -2.38. The van der Waals surface area contributed by atoms with E-state index in [1.54, 1.807) is 12.1 Å². The van der Waals surface area contributed by atoms with E-state index < -0.39 is 0 Å². The highest BCUT2D eigenvalue weighted by Crippen LogP contribution is 2.21. The number of piperazine rings is 1. The number of aromatic hydroxyl groups is 1. The molecule has 3 rings (SSSR count). The van der Waals surface area contributed by atoms with Crippen molar-refractivity contribution >= 4 is 17.3 Å². The first kappa shape index (κ1) is 18.3. The molecule has 0 radical (unpaired) electrons. The maximum absolute atomic E-state index is 12.6. The average molecular weight is 353 g/mol.